The van der Waals surface area contributed by atoms with E-state index < -0.39 is 260 Å². The molecule has 38 N–H and O–H groups in total. The van der Waals surface area contributed by atoms with Crippen LogP contribution in [0.1, 0.15) is 141 Å². The molecule has 754 valence electrons. The molecule has 50 nitrogen and oxygen atoms in total. The molecular weight excluding hydrogens is 1790 g/mol. The lowest BCUT2D eigenvalue weighted by molar-refractivity contribution is -0.143. The van der Waals surface area contributed by atoms with Crippen LogP contribution in [0.5, 0.6) is 0 Å². The number of H-pyrrole nitrogens is 1. The largest absolute Gasteiger partial charge is 0.480 e. The summed E-state index contributed by atoms with van der Waals surface area (Å²) in [6.45, 7) is 3.97. The second-order valence-electron chi connectivity index (χ2n) is 33.0. The van der Waals surface area contributed by atoms with E-state index in [4.69, 9.17) is 51.0 Å². The zero-order chi connectivity index (χ0) is 102. The van der Waals surface area contributed by atoms with Gasteiger partial charge in [0.15, 0.2) is 11.9 Å². The van der Waals surface area contributed by atoms with Crippen molar-refractivity contribution >= 4 is 135 Å². The van der Waals surface area contributed by atoms with Gasteiger partial charge in [-0.25, -0.2) is 4.79 Å². The number of para-hydroxylation sites is 1. The number of aromatic amines is 1. The zero-order valence-electron chi connectivity index (χ0n) is 77.2. The maximum atomic E-state index is 14.8. The summed E-state index contributed by atoms with van der Waals surface area (Å²) < 4.78 is 0. The number of unbranched alkanes of at least 4 members (excludes halogenated alkanes) is 2. The fourth-order valence-electron chi connectivity index (χ4n) is 13.7. The van der Waals surface area contributed by atoms with Crippen LogP contribution in [0.3, 0.4) is 0 Å². The van der Waals surface area contributed by atoms with Crippen molar-refractivity contribution in [2.24, 2.45) is 46.1 Å². The van der Waals surface area contributed by atoms with Crippen LogP contribution in [0.25, 0.3) is 10.9 Å². The van der Waals surface area contributed by atoms with Gasteiger partial charge in [-0.15, -0.1) is 0 Å². The summed E-state index contributed by atoms with van der Waals surface area (Å²) in [4.78, 5) is 262. The topological polar surface area (TPSA) is 847 Å². The number of carboxylic acid groups (broad SMARTS) is 1. The van der Waals surface area contributed by atoms with E-state index in [9.17, 15) is 106 Å². The second-order valence-corrected chi connectivity index (χ2v) is 33.0. The van der Waals surface area contributed by atoms with Crippen molar-refractivity contribution in [2.45, 2.75) is 234 Å². The Morgan fingerprint density at radius 3 is 1.28 bits per heavy atom. The first-order valence-corrected chi connectivity index (χ1v) is 44.7. The van der Waals surface area contributed by atoms with Crippen molar-refractivity contribution < 1.29 is 106 Å². The van der Waals surface area contributed by atoms with Gasteiger partial charge in [0, 0.05) is 49.5 Å². The number of primary amides is 2. The second kappa shape index (κ2) is 60.7. The van der Waals surface area contributed by atoms with Crippen molar-refractivity contribution in [3.05, 3.63) is 108 Å². The van der Waals surface area contributed by atoms with Gasteiger partial charge in [0.1, 0.15) is 78.5 Å². The van der Waals surface area contributed by atoms with Crippen molar-refractivity contribution in [2.75, 3.05) is 52.4 Å². The molecule has 137 heavy (non-hydrogen) atoms. The third kappa shape index (κ3) is 43.6. The average molecular weight is 1920 g/mol. The Kier molecular flexibility index (Phi) is 50.8. The molecule has 4 aromatic rings. The van der Waals surface area contributed by atoms with Crippen LogP contribution < -0.4 is 136 Å². The molecule has 0 aliphatic heterocycles. The number of rotatable bonds is 64. The van der Waals surface area contributed by atoms with Crippen molar-refractivity contribution in [1.29, 1.82) is 10.8 Å². The number of hydrogen-bond donors (Lipinski definition) is 31. The fourth-order valence-corrected chi connectivity index (χ4v) is 13.7. The molecule has 0 saturated carbocycles. The first-order chi connectivity index (χ1) is 64.9. The van der Waals surface area contributed by atoms with Crippen LogP contribution in [0.2, 0.25) is 0 Å². The highest BCUT2D eigenvalue weighted by Crippen LogP contribution is 2.21. The number of carboxylic acids is 1. The van der Waals surface area contributed by atoms with Gasteiger partial charge >= 0.3 is 5.97 Å². The van der Waals surface area contributed by atoms with E-state index in [0.29, 0.717) is 34.9 Å². The summed E-state index contributed by atoms with van der Waals surface area (Å²) in [6.07, 6.45) is -1.96. The molecule has 1 aromatic heterocycles. The Morgan fingerprint density at radius 1 is 0.380 bits per heavy atom. The van der Waals surface area contributed by atoms with Crippen LogP contribution in [0, 0.1) is 16.7 Å². The number of hydrogen-bond acceptors (Lipinski definition) is 26. The van der Waals surface area contributed by atoms with Gasteiger partial charge in [0.2, 0.25) is 106 Å². The Morgan fingerprint density at radius 2 is 0.781 bits per heavy atom. The summed E-state index contributed by atoms with van der Waals surface area (Å²) in [5, 5.41) is 91.3. The van der Waals surface area contributed by atoms with E-state index >= 15 is 0 Å². The molecule has 0 bridgehead atoms. The number of aliphatic hydroxyl groups is 2. The first kappa shape index (κ1) is 115. The predicted molar refractivity (Wildman–Crippen MR) is 498 cm³/mol. The lowest BCUT2D eigenvalue weighted by atomic mass is 9.99. The molecule has 1 heterocycles. The zero-order valence-corrected chi connectivity index (χ0v) is 77.2. The summed E-state index contributed by atoms with van der Waals surface area (Å²) in [6, 6.07) is 2.17. The molecular formula is C87H134N28O22. The number of nitrogens with two attached hydrogens (primary N) is 7. The molecule has 0 unspecified atom stereocenters. The Labute approximate surface area is 790 Å². The fraction of sp³-hybridized carbons (Fsp3) is 0.529. The Hall–Kier alpha value is -14.5. The summed E-state index contributed by atoms with van der Waals surface area (Å²) in [7, 11) is 0. The molecule has 3 aromatic carbocycles. The van der Waals surface area contributed by atoms with Crippen molar-refractivity contribution in [1.82, 2.24) is 101 Å². The number of carbonyl (C=O) groups excluding carboxylic acids is 18. The lowest BCUT2D eigenvalue weighted by Gasteiger charge is -2.28. The standard InChI is InChI=1S/C87H134N28O22/c1-46(2)36-61(79(130)112-63(39-52-41-99-55-25-13-12-24-53(52)55)80(131)113-64(40-67(92)119)81(132)110-60(85(136)137)30-31-66(91)118)111-77(128)56(26-14-16-32-88)108-76(127)59(29-19-35-98-87(95)96)107-73(124)48(4)104-83(134)65(45-116)114-78(129)57(27-15-17-33-89)109-75(126)58(28-18-34-97-86(93)94)106-72(123)47(3)103-69(121)44-102-84(135)71(49(5)117)115-82(133)62(38-51-22-10-7-11-23-51)105-70(122)43-100-68(120)42-101-74(125)54(90)37-50-20-8-6-9-21-50/h6-13,20-25,41,46-49,54,56-65,71,99,116-117H,14-19,26-40,42-45,88-90H2,1-5H3,(H2,91,118)(H2,92,119)(H,100,120)(H,101,125)(H,102,135)(H,103,121)(H,104,134)(H,105,122)(H,106,123)(H,107,124)(H,108,127)(H,109,126)(H,110,132)(H,111,128)(H,112,130)(H,113,131)(H,114,129)(H,115,133)(H,136,137)(H4,93,94,97)(H4,95,96,98)/t47-,48-,49+,54-,56-,57-,58-,59-,60-,61-,62-,63-,64-,65-,71-/m0/s1. The van der Waals surface area contributed by atoms with Crippen molar-refractivity contribution in [3.8, 4) is 0 Å². The molecule has 50 heteroatoms. The molecule has 0 aliphatic rings. The quantitative estimate of drug-likeness (QED) is 0.0111. The summed E-state index contributed by atoms with van der Waals surface area (Å²) in [5.74, 6) is -20.6. The average Bonchev–Trinajstić information content (AvgIpc) is 1.72. The third-order valence-electron chi connectivity index (χ3n) is 21.1. The van der Waals surface area contributed by atoms with E-state index in [-0.39, 0.29) is 109 Å². The number of guanidine groups is 2. The lowest BCUT2D eigenvalue weighted by Crippen LogP contribution is -2.61. The summed E-state index contributed by atoms with van der Waals surface area (Å²) in [5.41, 5.74) is 41.8. The molecule has 0 spiro atoms. The summed E-state index contributed by atoms with van der Waals surface area (Å²) >= 11 is 0. The monoisotopic (exact) mass is 1920 g/mol. The van der Waals surface area contributed by atoms with Crippen molar-refractivity contribution in [3.63, 3.8) is 0 Å². The predicted octanol–water partition coefficient (Wildman–Crippen LogP) is -9.36. The van der Waals surface area contributed by atoms with Gasteiger partial charge in [-0.1, -0.05) is 92.7 Å². The number of amides is 18. The Bertz CT molecular complexity index is 4760. The number of fused-ring (bicyclic) bond motifs is 1. The van der Waals surface area contributed by atoms with Gasteiger partial charge in [-0.2, -0.15) is 0 Å². The molecule has 0 radical (unpaired) electrons. The molecule has 0 fully saturated rings. The Balaban J connectivity index is 1.49. The smallest absolute Gasteiger partial charge is 0.326 e. The number of nitrogens with one attached hydrogen (secondary N) is 21. The highest BCUT2D eigenvalue weighted by Gasteiger charge is 2.39. The van der Waals surface area contributed by atoms with Gasteiger partial charge in [0.25, 0.3) is 0 Å². The van der Waals surface area contributed by atoms with Gasteiger partial charge in [0.05, 0.1) is 44.8 Å². The molecule has 15 atom stereocenters. The van der Waals surface area contributed by atoms with E-state index in [0.717, 1.165) is 12.5 Å². The number of aromatic nitrogens is 1. The number of aliphatic hydroxyl groups excluding tert-OH is 2. The van der Waals surface area contributed by atoms with Crippen LogP contribution in [0.4, 0.5) is 0 Å². The van der Waals surface area contributed by atoms with E-state index in [1.54, 1.807) is 105 Å². The first-order valence-electron chi connectivity index (χ1n) is 44.7. The highest BCUT2D eigenvalue weighted by atomic mass is 16.4. The minimum absolute atomic E-state index is 0.0176. The normalized spacial score (nSPS) is 14.3. The molecule has 0 aliphatic carbocycles. The molecule has 18 amide bonds. The van der Waals surface area contributed by atoms with Crippen LogP contribution in [-0.2, 0) is 110 Å². The maximum Gasteiger partial charge on any atom is 0.326 e. The van der Waals surface area contributed by atoms with Crippen LogP contribution in [-0.4, -0.2) is 288 Å². The minimum atomic E-state index is -1.86. The number of carbonyl (C=O) groups is 19. The maximum absolute atomic E-state index is 14.8. The minimum Gasteiger partial charge on any atom is -0.480 e. The molecule has 4 rings (SSSR count). The van der Waals surface area contributed by atoms with E-state index in [2.05, 4.69) is 101 Å². The molecule has 0 saturated heterocycles. The van der Waals surface area contributed by atoms with E-state index in [1.165, 1.54) is 13.8 Å². The van der Waals surface area contributed by atoms with Gasteiger partial charge < -0.3 is 156 Å². The van der Waals surface area contributed by atoms with Gasteiger partial charge in [-0.05, 0) is 146 Å². The third-order valence-corrected chi connectivity index (χ3v) is 21.1. The van der Waals surface area contributed by atoms with Crippen LogP contribution in [0.15, 0.2) is 91.1 Å². The SMILES string of the molecule is CC(C)C[C@H](NC(=O)[C@H](CCCCN)NC(=O)[C@H](CCCNC(=N)N)NC(=O)[C@H](C)NC(=O)[C@H](CO)NC(=O)[C@H](CCCCN)NC(=O)[C@H](CCCNC(=N)N)NC(=O)[C@H](C)NC(=O)CNC(=O)[C@@H](NC(=O)[C@H](Cc1ccccc1)NC(=O)CNC(=O)CNC(=O)[C@@H](N)Cc1ccccc1)[C@@H](C)O)C(=O)N[C@@H](Cc1c[nH]c2ccccc12)C(=O)N[C@@H](CC(N)=O)C(=O)N[C@@H](CCC(N)=O)C(=O)O. The number of aliphatic carboxylic acids is 1. The number of benzene rings is 3. The van der Waals surface area contributed by atoms with E-state index in [1.807, 2.05) is 0 Å². The highest BCUT2D eigenvalue weighted by molar-refractivity contribution is 6.02. The van der Waals surface area contributed by atoms with Crippen LogP contribution >= 0.6 is 0 Å². The van der Waals surface area contributed by atoms with Gasteiger partial charge in [-0.3, -0.25) is 97.1 Å².